The van der Waals surface area contributed by atoms with Gasteiger partial charge in [-0.2, -0.15) is 0 Å². The van der Waals surface area contributed by atoms with E-state index in [-0.39, 0.29) is 11.5 Å². The first-order valence-electron chi connectivity index (χ1n) is 7.84. The van der Waals surface area contributed by atoms with Crippen LogP contribution in [0.3, 0.4) is 0 Å². The highest BCUT2D eigenvalue weighted by Crippen LogP contribution is 2.39. The van der Waals surface area contributed by atoms with E-state index in [9.17, 15) is 14.7 Å². The highest BCUT2D eigenvalue weighted by molar-refractivity contribution is 8.04. The lowest BCUT2D eigenvalue weighted by molar-refractivity contribution is -0.112. The SMILES string of the molecule is O=C1Nc2ccccc2S/C1=C\c1ccc(-c2ccccc2C(=O)O)o1. The van der Waals surface area contributed by atoms with Crippen molar-refractivity contribution in [3.05, 3.63) is 76.9 Å². The van der Waals surface area contributed by atoms with E-state index in [0.29, 0.717) is 22.0 Å². The van der Waals surface area contributed by atoms with Crippen molar-refractivity contribution in [2.75, 3.05) is 5.32 Å². The van der Waals surface area contributed by atoms with Crippen LogP contribution in [-0.2, 0) is 4.79 Å². The molecule has 0 atom stereocenters. The average molecular weight is 363 g/mol. The van der Waals surface area contributed by atoms with Crippen molar-refractivity contribution < 1.29 is 19.1 Å². The fourth-order valence-electron chi connectivity index (χ4n) is 2.69. The zero-order chi connectivity index (χ0) is 18.1. The summed E-state index contributed by atoms with van der Waals surface area (Å²) in [7, 11) is 0. The molecule has 0 bridgehead atoms. The van der Waals surface area contributed by atoms with Gasteiger partial charge in [0.1, 0.15) is 11.5 Å². The van der Waals surface area contributed by atoms with Crippen LogP contribution in [0, 0.1) is 0 Å². The largest absolute Gasteiger partial charge is 0.478 e. The summed E-state index contributed by atoms with van der Waals surface area (Å²) >= 11 is 1.37. The quantitative estimate of drug-likeness (QED) is 0.658. The second-order valence-corrected chi connectivity index (χ2v) is 6.70. The molecule has 0 fully saturated rings. The molecule has 1 aliphatic rings. The second kappa shape index (κ2) is 6.57. The lowest BCUT2D eigenvalue weighted by Gasteiger charge is -2.17. The minimum atomic E-state index is -1.02. The molecule has 1 amide bonds. The highest BCUT2D eigenvalue weighted by Gasteiger charge is 2.21. The average Bonchev–Trinajstić information content (AvgIpc) is 3.11. The fraction of sp³-hybridized carbons (Fsp3) is 0. The Morgan fingerprint density at radius 3 is 2.65 bits per heavy atom. The molecule has 6 heteroatoms. The van der Waals surface area contributed by atoms with E-state index in [2.05, 4.69) is 5.32 Å². The summed E-state index contributed by atoms with van der Waals surface area (Å²) in [5.74, 6) is -0.290. The number of thioether (sulfide) groups is 1. The monoisotopic (exact) mass is 363 g/mol. The molecule has 2 heterocycles. The van der Waals surface area contributed by atoms with Gasteiger partial charge >= 0.3 is 5.97 Å². The number of furan rings is 1. The molecule has 0 radical (unpaired) electrons. The van der Waals surface area contributed by atoms with Gasteiger partial charge in [-0.1, -0.05) is 42.1 Å². The molecule has 0 saturated heterocycles. The van der Waals surface area contributed by atoms with Crippen molar-refractivity contribution in [2.24, 2.45) is 0 Å². The Labute approximate surface area is 153 Å². The van der Waals surface area contributed by atoms with Gasteiger partial charge in [0.05, 0.1) is 16.2 Å². The number of fused-ring (bicyclic) bond motifs is 1. The van der Waals surface area contributed by atoms with Crippen molar-refractivity contribution in [2.45, 2.75) is 4.90 Å². The first-order chi connectivity index (χ1) is 12.6. The van der Waals surface area contributed by atoms with Gasteiger partial charge in [0, 0.05) is 16.5 Å². The Balaban J connectivity index is 1.67. The number of carbonyl (C=O) groups is 2. The zero-order valence-electron chi connectivity index (χ0n) is 13.4. The summed E-state index contributed by atoms with van der Waals surface area (Å²) in [5, 5.41) is 12.2. The molecule has 0 aliphatic carbocycles. The molecule has 2 N–H and O–H groups in total. The molecule has 1 aliphatic heterocycles. The number of carboxylic acids is 1. The molecule has 3 aromatic rings. The van der Waals surface area contributed by atoms with Gasteiger partial charge in [0.15, 0.2) is 0 Å². The van der Waals surface area contributed by atoms with E-state index in [0.717, 1.165) is 10.6 Å². The van der Waals surface area contributed by atoms with Crippen LogP contribution in [-0.4, -0.2) is 17.0 Å². The summed E-state index contributed by atoms with van der Waals surface area (Å²) in [6, 6.07) is 17.6. The van der Waals surface area contributed by atoms with Crippen molar-refractivity contribution in [1.82, 2.24) is 0 Å². The lowest BCUT2D eigenvalue weighted by atomic mass is 10.1. The Bertz CT molecular complexity index is 1050. The van der Waals surface area contributed by atoms with E-state index >= 15 is 0 Å². The number of hydrogen-bond acceptors (Lipinski definition) is 4. The first kappa shape index (κ1) is 16.2. The number of rotatable bonds is 3. The fourth-order valence-corrected chi connectivity index (χ4v) is 3.62. The third-order valence-corrected chi connectivity index (χ3v) is 5.00. The maximum absolute atomic E-state index is 12.3. The van der Waals surface area contributed by atoms with E-state index in [1.54, 1.807) is 36.4 Å². The van der Waals surface area contributed by atoms with Gasteiger partial charge in [0.2, 0.25) is 0 Å². The molecule has 2 aromatic carbocycles. The minimum absolute atomic E-state index is 0.166. The Morgan fingerprint density at radius 1 is 1.04 bits per heavy atom. The summed E-state index contributed by atoms with van der Waals surface area (Å²) in [6.07, 6.45) is 1.66. The maximum Gasteiger partial charge on any atom is 0.336 e. The third kappa shape index (κ3) is 3.02. The molecule has 128 valence electrons. The van der Waals surface area contributed by atoms with Crippen LogP contribution in [0.25, 0.3) is 17.4 Å². The molecular weight excluding hydrogens is 350 g/mol. The van der Waals surface area contributed by atoms with Crippen LogP contribution in [0.1, 0.15) is 16.1 Å². The number of hydrogen-bond donors (Lipinski definition) is 2. The number of aromatic carboxylic acids is 1. The summed E-state index contributed by atoms with van der Waals surface area (Å²) in [5.41, 5.74) is 1.45. The van der Waals surface area contributed by atoms with Crippen LogP contribution >= 0.6 is 11.8 Å². The summed E-state index contributed by atoms with van der Waals surface area (Å²) in [6.45, 7) is 0. The van der Waals surface area contributed by atoms with Crippen molar-refractivity contribution in [3.8, 4) is 11.3 Å². The van der Waals surface area contributed by atoms with Crippen LogP contribution in [0.4, 0.5) is 5.69 Å². The number of nitrogens with one attached hydrogen (secondary N) is 1. The van der Waals surface area contributed by atoms with Crippen LogP contribution in [0.2, 0.25) is 0 Å². The lowest BCUT2D eigenvalue weighted by Crippen LogP contribution is -2.16. The molecular formula is C20H13NO4S. The minimum Gasteiger partial charge on any atom is -0.478 e. The van der Waals surface area contributed by atoms with Gasteiger partial charge in [-0.25, -0.2) is 4.79 Å². The molecule has 4 rings (SSSR count). The first-order valence-corrected chi connectivity index (χ1v) is 8.66. The van der Waals surface area contributed by atoms with Crippen molar-refractivity contribution >= 4 is 35.4 Å². The Hall–Kier alpha value is -3.25. The predicted molar refractivity (Wildman–Crippen MR) is 100 cm³/mol. The molecule has 0 spiro atoms. The molecule has 5 nitrogen and oxygen atoms in total. The topological polar surface area (TPSA) is 79.5 Å². The van der Waals surface area contributed by atoms with E-state index in [1.807, 2.05) is 24.3 Å². The van der Waals surface area contributed by atoms with Crippen LogP contribution < -0.4 is 5.32 Å². The summed E-state index contributed by atoms with van der Waals surface area (Å²) < 4.78 is 5.77. The Morgan fingerprint density at radius 2 is 1.81 bits per heavy atom. The van der Waals surface area contributed by atoms with Crippen molar-refractivity contribution in [1.29, 1.82) is 0 Å². The number of para-hydroxylation sites is 1. The van der Waals surface area contributed by atoms with Crippen LogP contribution in [0.15, 0.2) is 74.9 Å². The standard InChI is InChI=1S/C20H13NO4S/c22-19-18(26-17-8-4-3-7-15(17)21-19)11-12-9-10-16(25-12)13-5-1-2-6-14(13)20(23)24/h1-11H,(H,21,22)(H,23,24)/b18-11-. The normalized spacial score (nSPS) is 14.8. The number of carboxylic acid groups (broad SMARTS) is 1. The molecule has 0 saturated carbocycles. The van der Waals surface area contributed by atoms with Crippen molar-refractivity contribution in [3.63, 3.8) is 0 Å². The molecule has 26 heavy (non-hydrogen) atoms. The molecule has 1 aromatic heterocycles. The summed E-state index contributed by atoms with van der Waals surface area (Å²) in [4.78, 5) is 25.1. The third-order valence-electron chi connectivity index (χ3n) is 3.90. The van der Waals surface area contributed by atoms with Gasteiger partial charge in [-0.15, -0.1) is 0 Å². The van der Waals surface area contributed by atoms with Crippen LogP contribution in [0.5, 0.6) is 0 Å². The second-order valence-electron chi connectivity index (χ2n) is 5.61. The Kier molecular flexibility index (Phi) is 4.10. The molecule has 0 unspecified atom stereocenters. The van der Waals surface area contributed by atoms with E-state index in [4.69, 9.17) is 4.42 Å². The van der Waals surface area contributed by atoms with Gasteiger partial charge in [-0.05, 0) is 30.3 Å². The van der Waals surface area contributed by atoms with Gasteiger partial charge in [-0.3, -0.25) is 4.79 Å². The number of amides is 1. The van der Waals surface area contributed by atoms with Gasteiger partial charge in [0.25, 0.3) is 5.91 Å². The van der Waals surface area contributed by atoms with E-state index < -0.39 is 5.97 Å². The van der Waals surface area contributed by atoms with Gasteiger partial charge < -0.3 is 14.8 Å². The smallest absolute Gasteiger partial charge is 0.336 e. The predicted octanol–water partition coefficient (Wildman–Crippen LogP) is 4.73. The number of anilines is 1. The zero-order valence-corrected chi connectivity index (χ0v) is 14.2. The maximum atomic E-state index is 12.3. The number of carbonyl (C=O) groups excluding carboxylic acids is 1. The number of benzene rings is 2. The highest BCUT2D eigenvalue weighted by atomic mass is 32.2. The van der Waals surface area contributed by atoms with E-state index in [1.165, 1.54) is 17.8 Å².